The number of rotatable bonds is 2. The van der Waals surface area contributed by atoms with Gasteiger partial charge in [-0.3, -0.25) is 9.78 Å². The Morgan fingerprint density at radius 1 is 1.24 bits per heavy atom. The van der Waals surface area contributed by atoms with Crippen molar-refractivity contribution < 1.29 is 9.18 Å². The average Bonchev–Trinajstić information content (AvgIpc) is 2.49. The Bertz CT molecular complexity index is 663. The van der Waals surface area contributed by atoms with E-state index in [-0.39, 0.29) is 17.8 Å². The van der Waals surface area contributed by atoms with Crippen LogP contribution in [-0.2, 0) is 0 Å². The second-order valence-electron chi connectivity index (χ2n) is 5.99. The fraction of sp³-hybridized carbons (Fsp3) is 0.412. The first-order chi connectivity index (χ1) is 10.1. The van der Waals surface area contributed by atoms with Crippen LogP contribution in [0.4, 0.5) is 4.39 Å². The molecule has 0 unspecified atom stereocenters. The maximum absolute atomic E-state index is 13.1. The molecule has 110 valence electrons. The molecular weight excluding hydrogens is 267 g/mol. The van der Waals surface area contributed by atoms with E-state index in [1.165, 1.54) is 31.2 Å². The molecule has 2 aromatic rings. The Labute approximate surface area is 123 Å². The Morgan fingerprint density at radius 2 is 2.00 bits per heavy atom. The molecule has 0 atom stereocenters. The van der Waals surface area contributed by atoms with Crippen LogP contribution in [0, 0.1) is 11.7 Å². The Morgan fingerprint density at radius 3 is 2.76 bits per heavy atom. The Balaban J connectivity index is 1.74. The third-order valence-corrected chi connectivity index (χ3v) is 4.26. The molecule has 0 saturated heterocycles. The second-order valence-corrected chi connectivity index (χ2v) is 5.99. The molecule has 1 aromatic heterocycles. The summed E-state index contributed by atoms with van der Waals surface area (Å²) in [5.41, 5.74) is 1.10. The lowest BCUT2D eigenvalue weighted by Crippen LogP contribution is -2.37. The molecule has 0 radical (unpaired) electrons. The molecular formula is C17H19FN2O. The molecule has 21 heavy (non-hydrogen) atoms. The minimum absolute atomic E-state index is 0.0896. The van der Waals surface area contributed by atoms with E-state index in [9.17, 15) is 9.18 Å². The number of aromatic nitrogens is 1. The molecule has 1 N–H and O–H groups in total. The van der Waals surface area contributed by atoms with Gasteiger partial charge in [-0.2, -0.15) is 0 Å². The van der Waals surface area contributed by atoms with Crippen LogP contribution < -0.4 is 5.32 Å². The zero-order valence-corrected chi connectivity index (χ0v) is 12.1. The number of halogens is 1. The number of benzene rings is 1. The number of nitrogens with one attached hydrogen (secondary N) is 1. The maximum atomic E-state index is 13.1. The summed E-state index contributed by atoms with van der Waals surface area (Å²) < 4.78 is 13.1. The Kier molecular flexibility index (Phi) is 3.86. The minimum Gasteiger partial charge on any atom is -0.349 e. The van der Waals surface area contributed by atoms with Crippen molar-refractivity contribution in [3.8, 4) is 0 Å². The van der Waals surface area contributed by atoms with E-state index >= 15 is 0 Å². The summed E-state index contributed by atoms with van der Waals surface area (Å²) in [4.78, 5) is 16.4. The molecule has 1 aromatic carbocycles. The zero-order chi connectivity index (χ0) is 14.8. The summed E-state index contributed by atoms with van der Waals surface area (Å²) in [5.74, 6) is 0.354. The summed E-state index contributed by atoms with van der Waals surface area (Å²) >= 11 is 0. The number of hydrogen-bond donors (Lipinski definition) is 1. The lowest BCUT2D eigenvalue weighted by molar-refractivity contribution is 0.0923. The third kappa shape index (κ3) is 3.20. The van der Waals surface area contributed by atoms with E-state index in [0.717, 1.165) is 24.1 Å². The predicted molar refractivity (Wildman–Crippen MR) is 80.6 cm³/mol. The second kappa shape index (κ2) is 5.80. The van der Waals surface area contributed by atoms with Crippen LogP contribution in [0.25, 0.3) is 10.9 Å². The number of amides is 1. The lowest BCUT2D eigenvalue weighted by Gasteiger charge is -2.26. The highest BCUT2D eigenvalue weighted by Crippen LogP contribution is 2.23. The Hall–Kier alpha value is -1.97. The minimum atomic E-state index is -0.316. The van der Waals surface area contributed by atoms with Gasteiger partial charge >= 0.3 is 0 Å². The monoisotopic (exact) mass is 286 g/mol. The van der Waals surface area contributed by atoms with Crippen LogP contribution >= 0.6 is 0 Å². The molecule has 0 bridgehead atoms. The van der Waals surface area contributed by atoms with Crippen LogP contribution in [0.5, 0.6) is 0 Å². The van der Waals surface area contributed by atoms with E-state index in [2.05, 4.69) is 17.2 Å². The quantitative estimate of drug-likeness (QED) is 0.915. The van der Waals surface area contributed by atoms with Gasteiger partial charge in [-0.05, 0) is 49.8 Å². The number of nitrogens with zero attached hydrogens (tertiary/aromatic N) is 1. The summed E-state index contributed by atoms with van der Waals surface area (Å²) in [6.45, 7) is 2.25. The van der Waals surface area contributed by atoms with Crippen molar-refractivity contribution in [3.05, 3.63) is 41.8 Å². The molecule has 1 fully saturated rings. The van der Waals surface area contributed by atoms with Crippen molar-refractivity contribution in [1.29, 1.82) is 0 Å². The van der Waals surface area contributed by atoms with Crippen LogP contribution in [0.2, 0.25) is 0 Å². The molecule has 1 aliphatic rings. The zero-order valence-electron chi connectivity index (χ0n) is 12.1. The first-order valence-electron chi connectivity index (χ1n) is 7.48. The lowest BCUT2D eigenvalue weighted by atomic mass is 9.87. The van der Waals surface area contributed by atoms with E-state index in [1.807, 2.05) is 0 Å². The maximum Gasteiger partial charge on any atom is 0.253 e. The van der Waals surface area contributed by atoms with Crippen molar-refractivity contribution in [3.63, 3.8) is 0 Å². The molecule has 0 aliphatic heterocycles. The van der Waals surface area contributed by atoms with Crippen molar-refractivity contribution >= 4 is 16.8 Å². The van der Waals surface area contributed by atoms with Gasteiger partial charge in [-0.25, -0.2) is 4.39 Å². The normalized spacial score (nSPS) is 22.2. The number of hydrogen-bond acceptors (Lipinski definition) is 2. The molecule has 1 aliphatic carbocycles. The molecule has 1 amide bonds. The highest BCUT2D eigenvalue weighted by Gasteiger charge is 2.20. The number of fused-ring (bicyclic) bond motifs is 1. The number of pyridine rings is 1. The van der Waals surface area contributed by atoms with Gasteiger partial charge in [0, 0.05) is 23.7 Å². The summed E-state index contributed by atoms with van der Waals surface area (Å²) in [6.07, 6.45) is 5.93. The highest BCUT2D eigenvalue weighted by atomic mass is 19.1. The fourth-order valence-electron chi connectivity index (χ4n) is 2.89. The summed E-state index contributed by atoms with van der Waals surface area (Å²) in [6, 6.07) is 6.44. The van der Waals surface area contributed by atoms with Gasteiger partial charge in [0.1, 0.15) is 5.82 Å². The number of carbonyl (C=O) groups is 1. The van der Waals surface area contributed by atoms with Gasteiger partial charge in [0.2, 0.25) is 0 Å². The van der Waals surface area contributed by atoms with Gasteiger partial charge in [-0.15, -0.1) is 0 Å². The summed E-state index contributed by atoms with van der Waals surface area (Å²) in [5, 5.41) is 3.86. The molecule has 3 nitrogen and oxygen atoms in total. The van der Waals surface area contributed by atoms with Crippen LogP contribution in [0.3, 0.4) is 0 Å². The first kappa shape index (κ1) is 14.0. The van der Waals surface area contributed by atoms with Crippen molar-refractivity contribution in [2.24, 2.45) is 5.92 Å². The first-order valence-corrected chi connectivity index (χ1v) is 7.48. The van der Waals surface area contributed by atoms with Gasteiger partial charge in [0.25, 0.3) is 5.91 Å². The molecule has 1 heterocycles. The van der Waals surface area contributed by atoms with Crippen molar-refractivity contribution in [2.75, 3.05) is 0 Å². The van der Waals surface area contributed by atoms with Gasteiger partial charge in [0.05, 0.1) is 11.1 Å². The standard InChI is InChI=1S/C17H19FN2O/c1-11-2-6-15(7-3-11)20-17(21)13-8-12-4-5-14(18)9-16(12)19-10-13/h4-5,8-11,15H,2-3,6-7H2,1H3,(H,20,21)/t11-,15-. The molecule has 0 spiro atoms. The third-order valence-electron chi connectivity index (χ3n) is 4.26. The van der Waals surface area contributed by atoms with Gasteiger partial charge in [-0.1, -0.05) is 6.92 Å². The van der Waals surface area contributed by atoms with Crippen molar-refractivity contribution in [1.82, 2.24) is 10.3 Å². The van der Waals surface area contributed by atoms with Crippen LogP contribution in [0.1, 0.15) is 43.0 Å². The molecule has 4 heteroatoms. The smallest absolute Gasteiger partial charge is 0.253 e. The van der Waals surface area contributed by atoms with Gasteiger partial charge in [0.15, 0.2) is 0 Å². The van der Waals surface area contributed by atoms with E-state index in [4.69, 9.17) is 0 Å². The van der Waals surface area contributed by atoms with E-state index in [1.54, 1.807) is 12.1 Å². The number of carbonyl (C=O) groups excluding carboxylic acids is 1. The molecule has 1 saturated carbocycles. The van der Waals surface area contributed by atoms with E-state index < -0.39 is 0 Å². The fourth-order valence-corrected chi connectivity index (χ4v) is 2.89. The van der Waals surface area contributed by atoms with Crippen LogP contribution in [0.15, 0.2) is 30.5 Å². The topological polar surface area (TPSA) is 42.0 Å². The molecule has 3 rings (SSSR count). The average molecular weight is 286 g/mol. The summed E-state index contributed by atoms with van der Waals surface area (Å²) in [7, 11) is 0. The van der Waals surface area contributed by atoms with Crippen LogP contribution in [-0.4, -0.2) is 16.9 Å². The van der Waals surface area contributed by atoms with Crippen molar-refractivity contribution in [2.45, 2.75) is 38.6 Å². The van der Waals surface area contributed by atoms with E-state index in [0.29, 0.717) is 11.1 Å². The van der Waals surface area contributed by atoms with Gasteiger partial charge < -0.3 is 5.32 Å². The largest absolute Gasteiger partial charge is 0.349 e. The predicted octanol–water partition coefficient (Wildman–Crippen LogP) is 3.68. The highest BCUT2D eigenvalue weighted by molar-refractivity contribution is 5.97. The SMILES string of the molecule is C[C@H]1CC[C@H](NC(=O)c2cnc3cc(F)ccc3c2)CC1.